The number of hydrogen-bond acceptors (Lipinski definition) is 2. The Morgan fingerprint density at radius 1 is 1.19 bits per heavy atom. The summed E-state index contributed by atoms with van der Waals surface area (Å²) >= 11 is 0. The monoisotopic (exact) mass is 217 g/mol. The van der Waals surface area contributed by atoms with Gasteiger partial charge in [-0.3, -0.25) is 4.79 Å². The molecule has 0 spiro atoms. The number of hydrogen-bond donors (Lipinski definition) is 1. The van der Waals surface area contributed by atoms with Gasteiger partial charge in [-0.05, 0) is 38.0 Å². The van der Waals surface area contributed by atoms with Crippen molar-refractivity contribution in [2.75, 3.05) is 0 Å². The van der Waals surface area contributed by atoms with Gasteiger partial charge in [-0.15, -0.1) is 0 Å². The van der Waals surface area contributed by atoms with E-state index in [4.69, 9.17) is 0 Å². The summed E-state index contributed by atoms with van der Waals surface area (Å²) < 4.78 is 0. The molecule has 1 aromatic rings. The minimum atomic E-state index is 0.135. The van der Waals surface area contributed by atoms with E-state index < -0.39 is 0 Å². The Kier molecular flexibility index (Phi) is 4.44. The van der Waals surface area contributed by atoms with Crippen molar-refractivity contribution in [3.8, 4) is 0 Å². The summed E-state index contributed by atoms with van der Waals surface area (Å²) in [6.45, 7) is 7.30. The zero-order valence-corrected chi connectivity index (χ0v) is 10.2. The Hall–Kier alpha value is -1.41. The van der Waals surface area contributed by atoms with Crippen molar-refractivity contribution in [1.82, 2.24) is 5.32 Å². The zero-order chi connectivity index (χ0) is 12.0. The lowest BCUT2D eigenvalue weighted by atomic mass is 10.1. The Bertz CT molecular complexity index is 357. The minimum Gasteiger partial charge on any atom is -0.308 e. The highest BCUT2D eigenvalue weighted by Gasteiger charge is 2.07. The highest BCUT2D eigenvalue weighted by Crippen LogP contribution is 2.08. The van der Waals surface area contributed by atoms with Gasteiger partial charge in [0, 0.05) is 12.1 Å². The van der Waals surface area contributed by atoms with Gasteiger partial charge in [-0.1, -0.05) is 30.3 Å². The van der Waals surface area contributed by atoms with E-state index in [0.29, 0.717) is 0 Å². The smallest absolute Gasteiger partial charge is 0.142 e. The first-order chi connectivity index (χ1) is 7.51. The quantitative estimate of drug-likeness (QED) is 0.620. The van der Waals surface area contributed by atoms with Crippen LogP contribution in [-0.2, 0) is 11.3 Å². The predicted molar refractivity (Wildman–Crippen MR) is 68.1 cm³/mol. The average Bonchev–Trinajstić information content (AvgIpc) is 2.24. The van der Waals surface area contributed by atoms with E-state index in [9.17, 15) is 4.79 Å². The second-order valence-electron chi connectivity index (χ2n) is 4.84. The van der Waals surface area contributed by atoms with Gasteiger partial charge in [0.1, 0.15) is 6.29 Å². The molecule has 0 amide bonds. The van der Waals surface area contributed by atoms with Gasteiger partial charge in [0.2, 0.25) is 0 Å². The van der Waals surface area contributed by atoms with Gasteiger partial charge in [0.25, 0.3) is 0 Å². The number of nitrogens with one attached hydrogen (secondary N) is 1. The third kappa shape index (κ3) is 4.89. The first-order valence-corrected chi connectivity index (χ1v) is 5.47. The summed E-state index contributed by atoms with van der Waals surface area (Å²) in [5.74, 6) is 0. The molecule has 0 radical (unpaired) electrons. The number of allylic oxidation sites excluding steroid dienone is 1. The lowest BCUT2D eigenvalue weighted by Gasteiger charge is -2.20. The van der Waals surface area contributed by atoms with Gasteiger partial charge >= 0.3 is 0 Å². The van der Waals surface area contributed by atoms with Crippen LogP contribution in [0.4, 0.5) is 0 Å². The molecule has 0 bridgehead atoms. The normalized spacial score (nSPS) is 11.9. The van der Waals surface area contributed by atoms with Crippen molar-refractivity contribution < 1.29 is 4.79 Å². The van der Waals surface area contributed by atoms with Crippen LogP contribution in [0, 0.1) is 0 Å². The maximum absolute atomic E-state index is 10.2. The van der Waals surface area contributed by atoms with Crippen LogP contribution in [0.25, 0.3) is 6.08 Å². The van der Waals surface area contributed by atoms with Crippen molar-refractivity contribution in [2.24, 2.45) is 0 Å². The molecule has 0 aliphatic rings. The van der Waals surface area contributed by atoms with Gasteiger partial charge in [-0.2, -0.15) is 0 Å². The summed E-state index contributed by atoms with van der Waals surface area (Å²) in [5, 5.41) is 3.43. The van der Waals surface area contributed by atoms with Crippen LogP contribution < -0.4 is 5.32 Å². The standard InChI is InChI=1S/C14H19NO/c1-14(2,3)15-11-13-8-6-12(7-9-13)5-4-10-16/h4-10,15H,11H2,1-3H3. The van der Waals surface area contributed by atoms with Crippen LogP contribution in [0.2, 0.25) is 0 Å². The molecule has 1 aromatic carbocycles. The molecule has 0 saturated heterocycles. The topological polar surface area (TPSA) is 29.1 Å². The highest BCUT2D eigenvalue weighted by atomic mass is 16.1. The second kappa shape index (κ2) is 5.61. The average molecular weight is 217 g/mol. The molecule has 0 saturated carbocycles. The largest absolute Gasteiger partial charge is 0.308 e. The van der Waals surface area contributed by atoms with Crippen LogP contribution in [0.15, 0.2) is 30.3 Å². The van der Waals surface area contributed by atoms with Crippen LogP contribution in [0.3, 0.4) is 0 Å². The van der Waals surface area contributed by atoms with E-state index >= 15 is 0 Å². The van der Waals surface area contributed by atoms with Crippen molar-refractivity contribution in [2.45, 2.75) is 32.9 Å². The summed E-state index contributed by atoms with van der Waals surface area (Å²) in [6.07, 6.45) is 4.09. The number of aldehydes is 1. The maximum Gasteiger partial charge on any atom is 0.142 e. The second-order valence-corrected chi connectivity index (χ2v) is 4.84. The number of carbonyl (C=O) groups is 1. The van der Waals surface area contributed by atoms with E-state index in [0.717, 1.165) is 18.4 Å². The van der Waals surface area contributed by atoms with Crippen molar-refractivity contribution in [1.29, 1.82) is 0 Å². The molecule has 1 rings (SSSR count). The zero-order valence-electron chi connectivity index (χ0n) is 10.2. The fourth-order valence-corrected chi connectivity index (χ4v) is 1.26. The van der Waals surface area contributed by atoms with E-state index in [-0.39, 0.29) is 5.54 Å². The van der Waals surface area contributed by atoms with E-state index in [1.54, 1.807) is 6.08 Å². The van der Waals surface area contributed by atoms with Crippen LogP contribution in [0.5, 0.6) is 0 Å². The molecule has 1 N–H and O–H groups in total. The van der Waals surface area contributed by atoms with E-state index in [2.05, 4.69) is 38.2 Å². The highest BCUT2D eigenvalue weighted by molar-refractivity contribution is 5.73. The molecule has 86 valence electrons. The van der Waals surface area contributed by atoms with Crippen LogP contribution >= 0.6 is 0 Å². The van der Waals surface area contributed by atoms with Crippen molar-refractivity contribution in [3.05, 3.63) is 41.5 Å². The number of benzene rings is 1. The van der Waals surface area contributed by atoms with Gasteiger partial charge < -0.3 is 5.32 Å². The minimum absolute atomic E-state index is 0.135. The maximum atomic E-state index is 10.2. The van der Waals surface area contributed by atoms with Gasteiger partial charge in [0.15, 0.2) is 0 Å². The molecular weight excluding hydrogens is 198 g/mol. The van der Waals surface area contributed by atoms with E-state index in [1.165, 1.54) is 11.6 Å². The Morgan fingerprint density at radius 2 is 1.81 bits per heavy atom. The molecule has 0 atom stereocenters. The van der Waals surface area contributed by atoms with Crippen LogP contribution in [-0.4, -0.2) is 11.8 Å². The summed E-state index contributed by atoms with van der Waals surface area (Å²) in [7, 11) is 0. The Balaban J connectivity index is 2.58. The molecule has 0 heterocycles. The number of rotatable bonds is 4. The third-order valence-electron chi connectivity index (χ3n) is 2.17. The van der Waals surface area contributed by atoms with Crippen LogP contribution in [0.1, 0.15) is 31.9 Å². The van der Waals surface area contributed by atoms with Crippen molar-refractivity contribution in [3.63, 3.8) is 0 Å². The molecule has 0 aliphatic heterocycles. The van der Waals surface area contributed by atoms with Gasteiger partial charge in [0.05, 0.1) is 0 Å². The number of carbonyl (C=O) groups excluding carboxylic acids is 1. The molecule has 2 heteroatoms. The molecule has 0 fully saturated rings. The fraction of sp³-hybridized carbons (Fsp3) is 0.357. The first-order valence-electron chi connectivity index (χ1n) is 5.47. The molecule has 0 unspecified atom stereocenters. The predicted octanol–water partition coefficient (Wildman–Crippen LogP) is 2.79. The first kappa shape index (κ1) is 12.7. The summed E-state index contributed by atoms with van der Waals surface area (Å²) in [4.78, 5) is 10.2. The Labute approximate surface area is 97.4 Å². The SMILES string of the molecule is CC(C)(C)NCc1ccc(C=CC=O)cc1. The lowest BCUT2D eigenvalue weighted by Crippen LogP contribution is -2.35. The molecule has 0 aliphatic carbocycles. The molecule has 2 nitrogen and oxygen atoms in total. The van der Waals surface area contributed by atoms with Gasteiger partial charge in [-0.25, -0.2) is 0 Å². The third-order valence-corrected chi connectivity index (χ3v) is 2.17. The van der Waals surface area contributed by atoms with E-state index in [1.807, 2.05) is 12.1 Å². The molecular formula is C14H19NO. The molecule has 0 aromatic heterocycles. The van der Waals surface area contributed by atoms with Crippen molar-refractivity contribution >= 4 is 12.4 Å². The summed E-state index contributed by atoms with van der Waals surface area (Å²) in [6, 6.07) is 8.17. The lowest BCUT2D eigenvalue weighted by molar-refractivity contribution is -0.104. The molecule has 16 heavy (non-hydrogen) atoms. The Morgan fingerprint density at radius 3 is 2.31 bits per heavy atom. The fourth-order valence-electron chi connectivity index (χ4n) is 1.26. The summed E-state index contributed by atoms with van der Waals surface area (Å²) in [5.41, 5.74) is 2.43.